The number of ether oxygens (including phenoxy) is 2. The molecule has 2 aromatic rings. The summed E-state index contributed by atoms with van der Waals surface area (Å²) in [4.78, 5) is 37.2. The minimum Gasteiger partial charge on any atom is -0.433 e. The van der Waals surface area contributed by atoms with E-state index in [-0.39, 0.29) is 24.5 Å². The van der Waals surface area contributed by atoms with E-state index < -0.39 is 24.3 Å². The smallest absolute Gasteiger partial charge is 0.310 e. The second kappa shape index (κ2) is 8.91. The number of esters is 1. The number of nitrogens with one attached hydrogen (secondary N) is 2. The SMILES string of the molecule is CNc1ccc(C)n(C(C)C(=O)N[C@H]2CC(=O)OC2OCc2ccccc2)c1=O. The summed E-state index contributed by atoms with van der Waals surface area (Å²) >= 11 is 0. The number of pyridine rings is 1. The molecule has 2 N–H and O–H groups in total. The first-order chi connectivity index (χ1) is 13.9. The lowest BCUT2D eigenvalue weighted by molar-refractivity contribution is -0.168. The van der Waals surface area contributed by atoms with E-state index in [1.807, 2.05) is 30.3 Å². The molecule has 0 saturated carbocycles. The molecular weight excluding hydrogens is 374 g/mol. The van der Waals surface area contributed by atoms with Crippen molar-refractivity contribution in [2.24, 2.45) is 0 Å². The molecule has 1 aromatic heterocycles. The number of rotatable bonds is 7. The minimum atomic E-state index is -0.875. The van der Waals surface area contributed by atoms with Gasteiger partial charge in [-0.3, -0.25) is 19.0 Å². The second-order valence-electron chi connectivity index (χ2n) is 6.96. The summed E-state index contributed by atoms with van der Waals surface area (Å²) in [6.45, 7) is 3.66. The number of nitrogens with zero attached hydrogens (tertiary/aromatic N) is 1. The Kier molecular flexibility index (Phi) is 6.33. The van der Waals surface area contributed by atoms with Gasteiger partial charge >= 0.3 is 5.97 Å². The third-order valence-corrected chi connectivity index (χ3v) is 4.90. The molecule has 8 nitrogen and oxygen atoms in total. The van der Waals surface area contributed by atoms with Gasteiger partial charge < -0.3 is 20.1 Å². The molecule has 1 saturated heterocycles. The van der Waals surface area contributed by atoms with Gasteiger partial charge in [0.15, 0.2) is 0 Å². The first-order valence-corrected chi connectivity index (χ1v) is 9.46. The Hall–Kier alpha value is -3.13. The Morgan fingerprint density at radius 2 is 1.97 bits per heavy atom. The van der Waals surface area contributed by atoms with Crippen LogP contribution in [-0.2, 0) is 25.7 Å². The van der Waals surface area contributed by atoms with E-state index in [2.05, 4.69) is 10.6 Å². The highest BCUT2D eigenvalue weighted by Gasteiger charge is 2.37. The van der Waals surface area contributed by atoms with Crippen LogP contribution in [0, 0.1) is 6.92 Å². The lowest BCUT2D eigenvalue weighted by Gasteiger charge is -2.23. The highest BCUT2D eigenvalue weighted by atomic mass is 16.7. The first kappa shape index (κ1) is 20.6. The maximum Gasteiger partial charge on any atom is 0.310 e. The van der Waals surface area contributed by atoms with Gasteiger partial charge in [-0.15, -0.1) is 0 Å². The number of hydrogen-bond acceptors (Lipinski definition) is 6. The molecule has 0 spiro atoms. The van der Waals surface area contributed by atoms with Crippen LogP contribution < -0.4 is 16.2 Å². The number of carbonyl (C=O) groups is 2. The fourth-order valence-corrected chi connectivity index (χ4v) is 3.30. The van der Waals surface area contributed by atoms with Gasteiger partial charge in [-0.25, -0.2) is 0 Å². The van der Waals surface area contributed by atoms with Crippen molar-refractivity contribution in [2.45, 2.75) is 45.2 Å². The van der Waals surface area contributed by atoms with Crippen molar-refractivity contribution in [3.63, 3.8) is 0 Å². The van der Waals surface area contributed by atoms with Gasteiger partial charge in [0.25, 0.3) is 5.56 Å². The number of hydrogen-bond donors (Lipinski definition) is 2. The van der Waals surface area contributed by atoms with Crippen molar-refractivity contribution >= 4 is 17.6 Å². The van der Waals surface area contributed by atoms with Crippen LogP contribution in [-0.4, -0.2) is 35.8 Å². The van der Waals surface area contributed by atoms with E-state index >= 15 is 0 Å². The van der Waals surface area contributed by atoms with Gasteiger partial charge in [-0.2, -0.15) is 0 Å². The summed E-state index contributed by atoms with van der Waals surface area (Å²) in [6.07, 6.45) is -0.858. The predicted molar refractivity (Wildman–Crippen MR) is 107 cm³/mol. The number of benzene rings is 1. The number of carbonyl (C=O) groups excluding carboxylic acids is 2. The van der Waals surface area contributed by atoms with Crippen LogP contribution in [0.1, 0.15) is 30.6 Å². The third kappa shape index (κ3) is 4.65. The second-order valence-corrected chi connectivity index (χ2v) is 6.96. The van der Waals surface area contributed by atoms with E-state index in [0.29, 0.717) is 11.4 Å². The quantitative estimate of drug-likeness (QED) is 0.688. The van der Waals surface area contributed by atoms with Crippen molar-refractivity contribution in [3.05, 3.63) is 64.1 Å². The average molecular weight is 399 g/mol. The van der Waals surface area contributed by atoms with Crippen LogP contribution in [0.5, 0.6) is 0 Å². The molecule has 0 bridgehead atoms. The molecule has 154 valence electrons. The molecule has 8 heteroatoms. The first-order valence-electron chi connectivity index (χ1n) is 9.46. The van der Waals surface area contributed by atoms with Crippen LogP contribution in [0.2, 0.25) is 0 Å². The number of aryl methyl sites for hydroxylation is 1. The van der Waals surface area contributed by atoms with Crippen LogP contribution in [0.15, 0.2) is 47.3 Å². The van der Waals surface area contributed by atoms with E-state index in [4.69, 9.17) is 9.47 Å². The molecule has 1 aliphatic rings. The monoisotopic (exact) mass is 399 g/mol. The molecule has 1 amide bonds. The molecule has 29 heavy (non-hydrogen) atoms. The van der Waals surface area contributed by atoms with Gasteiger partial charge in [-0.1, -0.05) is 30.3 Å². The summed E-state index contributed by atoms with van der Waals surface area (Å²) in [7, 11) is 1.65. The largest absolute Gasteiger partial charge is 0.433 e. The maximum absolute atomic E-state index is 12.8. The fraction of sp³-hybridized carbons (Fsp3) is 0.381. The van der Waals surface area contributed by atoms with Crippen molar-refractivity contribution < 1.29 is 19.1 Å². The van der Waals surface area contributed by atoms with Gasteiger partial charge in [0.1, 0.15) is 17.8 Å². The Labute approximate surface area is 168 Å². The zero-order valence-electron chi connectivity index (χ0n) is 16.7. The van der Waals surface area contributed by atoms with Crippen LogP contribution in [0.3, 0.4) is 0 Å². The number of cyclic esters (lactones) is 1. The number of anilines is 1. The fourth-order valence-electron chi connectivity index (χ4n) is 3.30. The normalized spacial score (nSPS) is 19.5. The van der Waals surface area contributed by atoms with Crippen molar-refractivity contribution in [3.8, 4) is 0 Å². The van der Waals surface area contributed by atoms with Crippen LogP contribution in [0.25, 0.3) is 0 Å². The van der Waals surface area contributed by atoms with Gasteiger partial charge in [0, 0.05) is 12.7 Å². The van der Waals surface area contributed by atoms with Crippen molar-refractivity contribution in [2.75, 3.05) is 12.4 Å². The molecule has 1 aromatic carbocycles. The summed E-state index contributed by atoms with van der Waals surface area (Å²) in [6, 6.07) is 11.5. The highest BCUT2D eigenvalue weighted by Crippen LogP contribution is 2.19. The zero-order chi connectivity index (χ0) is 21.0. The predicted octanol–water partition coefficient (Wildman–Crippen LogP) is 1.73. The van der Waals surface area contributed by atoms with E-state index in [1.54, 1.807) is 33.0 Å². The Bertz CT molecular complexity index is 941. The Balaban J connectivity index is 1.70. The molecule has 1 aliphatic heterocycles. The maximum atomic E-state index is 12.8. The molecule has 3 atom stereocenters. The molecule has 0 radical (unpaired) electrons. The van der Waals surface area contributed by atoms with Gasteiger partial charge in [-0.05, 0) is 31.5 Å². The summed E-state index contributed by atoms with van der Waals surface area (Å²) in [5.41, 5.74) is 1.71. The van der Waals surface area contributed by atoms with Crippen molar-refractivity contribution in [1.82, 2.24) is 9.88 Å². The average Bonchev–Trinajstić information content (AvgIpc) is 3.06. The Morgan fingerprint density at radius 3 is 2.66 bits per heavy atom. The zero-order valence-corrected chi connectivity index (χ0v) is 16.7. The van der Waals surface area contributed by atoms with Gasteiger partial charge in [0.2, 0.25) is 12.2 Å². The molecule has 2 unspecified atom stereocenters. The van der Waals surface area contributed by atoms with E-state index in [9.17, 15) is 14.4 Å². The number of amides is 1. The lowest BCUT2D eigenvalue weighted by atomic mass is 10.2. The molecular formula is C21H25N3O5. The summed E-state index contributed by atoms with van der Waals surface area (Å²) in [5.74, 6) is -0.827. The standard InChI is InChI=1S/C21H25N3O5/c1-13-9-10-16(22-3)20(27)24(13)14(2)19(26)23-17-11-18(25)29-21(17)28-12-15-7-5-4-6-8-15/h4-10,14,17,21-22H,11-12H2,1-3H3,(H,23,26)/t14?,17-,21?/m0/s1. The number of aromatic nitrogens is 1. The van der Waals surface area contributed by atoms with Gasteiger partial charge in [0.05, 0.1) is 13.0 Å². The summed E-state index contributed by atoms with van der Waals surface area (Å²) < 4.78 is 12.3. The van der Waals surface area contributed by atoms with E-state index in [0.717, 1.165) is 5.56 Å². The Morgan fingerprint density at radius 1 is 1.24 bits per heavy atom. The van der Waals surface area contributed by atoms with Crippen LogP contribution >= 0.6 is 0 Å². The molecule has 1 fully saturated rings. The summed E-state index contributed by atoms with van der Waals surface area (Å²) in [5, 5.41) is 5.62. The third-order valence-electron chi connectivity index (χ3n) is 4.90. The minimum absolute atomic E-state index is 0.0162. The molecule has 3 rings (SSSR count). The van der Waals surface area contributed by atoms with E-state index in [1.165, 1.54) is 4.57 Å². The molecule has 0 aliphatic carbocycles. The lowest BCUT2D eigenvalue weighted by Crippen LogP contribution is -2.45. The highest BCUT2D eigenvalue weighted by molar-refractivity contribution is 5.82. The van der Waals surface area contributed by atoms with Crippen molar-refractivity contribution in [1.29, 1.82) is 0 Å². The topological polar surface area (TPSA) is 98.7 Å². The molecule has 2 heterocycles. The van der Waals surface area contributed by atoms with Crippen LogP contribution in [0.4, 0.5) is 5.69 Å².